The third-order valence-corrected chi connectivity index (χ3v) is 7.90. The van der Waals surface area contributed by atoms with Crippen LogP contribution in [0.2, 0.25) is 0 Å². The maximum Gasteiger partial charge on any atom is 0.346 e. The van der Waals surface area contributed by atoms with E-state index in [1.54, 1.807) is 0 Å². The van der Waals surface area contributed by atoms with E-state index >= 15 is 0 Å². The Morgan fingerprint density at radius 3 is 2.55 bits per heavy atom. The molecule has 0 spiro atoms. The Hall–Kier alpha value is -1.91. The number of carboxylic acid groups (broad SMARTS) is 1. The Morgan fingerprint density at radius 1 is 1.17 bits per heavy atom. The second kappa shape index (κ2) is 8.85. The standard InChI is InChI=1S/C25H31NO2S/c1-3-26-14-13-20(22(16-26)18-11-9-17(2)10-12-18)21-15-23(29-24(21)25(27)28)19-7-5-4-6-8-19/h4-8,15,17-18H,3,9-14,16H2,1-2H3,(H,27,28). The van der Waals surface area contributed by atoms with Gasteiger partial charge in [0.1, 0.15) is 4.88 Å². The fraction of sp³-hybridized carbons (Fsp3) is 0.480. The molecule has 29 heavy (non-hydrogen) atoms. The zero-order chi connectivity index (χ0) is 20.4. The van der Waals surface area contributed by atoms with Gasteiger partial charge in [0.15, 0.2) is 0 Å². The van der Waals surface area contributed by atoms with Crippen LogP contribution >= 0.6 is 11.3 Å². The van der Waals surface area contributed by atoms with Crippen LogP contribution in [0.15, 0.2) is 42.0 Å². The van der Waals surface area contributed by atoms with Gasteiger partial charge in [-0.25, -0.2) is 4.79 Å². The highest BCUT2D eigenvalue weighted by atomic mass is 32.1. The molecule has 0 saturated heterocycles. The third kappa shape index (κ3) is 4.34. The van der Waals surface area contributed by atoms with Crippen LogP contribution in [0.5, 0.6) is 0 Å². The first-order chi connectivity index (χ1) is 14.1. The highest BCUT2D eigenvalue weighted by Gasteiger charge is 2.30. The molecule has 4 heteroatoms. The number of benzene rings is 1. The first-order valence-electron chi connectivity index (χ1n) is 10.9. The molecule has 2 heterocycles. The highest BCUT2D eigenvalue weighted by molar-refractivity contribution is 7.17. The van der Waals surface area contributed by atoms with Crippen molar-refractivity contribution in [2.45, 2.75) is 46.0 Å². The Kier molecular flexibility index (Phi) is 6.21. The normalized spacial score (nSPS) is 23.4. The Bertz CT molecular complexity index is 891. The number of nitrogens with zero attached hydrogens (tertiary/aromatic N) is 1. The fourth-order valence-corrected chi connectivity index (χ4v) is 5.96. The van der Waals surface area contributed by atoms with Crippen LogP contribution in [-0.2, 0) is 0 Å². The lowest BCUT2D eigenvalue weighted by molar-refractivity contribution is 0.0702. The highest BCUT2D eigenvalue weighted by Crippen LogP contribution is 2.43. The average molecular weight is 410 g/mol. The number of thiophene rings is 1. The zero-order valence-corrected chi connectivity index (χ0v) is 18.3. The number of aromatic carboxylic acids is 1. The van der Waals surface area contributed by atoms with Crippen molar-refractivity contribution in [3.8, 4) is 10.4 Å². The van der Waals surface area contributed by atoms with E-state index in [4.69, 9.17) is 0 Å². The van der Waals surface area contributed by atoms with Gasteiger partial charge in [-0.3, -0.25) is 4.90 Å². The summed E-state index contributed by atoms with van der Waals surface area (Å²) in [4.78, 5) is 16.2. The largest absolute Gasteiger partial charge is 0.477 e. The van der Waals surface area contributed by atoms with Gasteiger partial charge in [0.05, 0.1) is 0 Å². The van der Waals surface area contributed by atoms with Gasteiger partial charge in [0.2, 0.25) is 0 Å². The summed E-state index contributed by atoms with van der Waals surface area (Å²) >= 11 is 1.42. The smallest absolute Gasteiger partial charge is 0.346 e. The van der Waals surface area contributed by atoms with Crippen molar-refractivity contribution in [1.29, 1.82) is 0 Å². The van der Waals surface area contributed by atoms with E-state index in [9.17, 15) is 9.90 Å². The molecule has 0 atom stereocenters. The van der Waals surface area contributed by atoms with Crippen molar-refractivity contribution in [2.75, 3.05) is 19.6 Å². The lowest BCUT2D eigenvalue weighted by atomic mass is 9.75. The molecule has 2 aromatic rings. The summed E-state index contributed by atoms with van der Waals surface area (Å²) in [6.07, 6.45) is 6.03. The van der Waals surface area contributed by atoms with Crippen LogP contribution in [0.4, 0.5) is 0 Å². The quantitative estimate of drug-likeness (QED) is 0.619. The van der Waals surface area contributed by atoms with Gasteiger partial charge in [-0.1, -0.05) is 57.0 Å². The Balaban J connectivity index is 1.78. The van der Waals surface area contributed by atoms with Gasteiger partial charge in [-0.2, -0.15) is 0 Å². The predicted octanol–water partition coefficient (Wildman–Crippen LogP) is 6.42. The summed E-state index contributed by atoms with van der Waals surface area (Å²) in [5, 5.41) is 9.96. The minimum atomic E-state index is -0.797. The molecule has 0 amide bonds. The number of likely N-dealkylation sites (N-methyl/N-ethyl adjacent to an activating group) is 1. The lowest BCUT2D eigenvalue weighted by Gasteiger charge is -2.36. The topological polar surface area (TPSA) is 40.5 Å². The van der Waals surface area contributed by atoms with E-state index in [2.05, 4.69) is 36.9 Å². The molecule has 1 aliphatic carbocycles. The van der Waals surface area contributed by atoms with Gasteiger partial charge in [-0.05, 0) is 60.4 Å². The first kappa shape index (κ1) is 20.4. The molecule has 1 N–H and O–H groups in total. The van der Waals surface area contributed by atoms with E-state index in [1.807, 2.05) is 18.2 Å². The maximum absolute atomic E-state index is 12.1. The molecule has 1 aromatic carbocycles. The van der Waals surface area contributed by atoms with Crippen molar-refractivity contribution in [1.82, 2.24) is 4.90 Å². The number of carbonyl (C=O) groups is 1. The second-order valence-corrected chi connectivity index (χ2v) is 9.66. The van der Waals surface area contributed by atoms with Crippen LogP contribution < -0.4 is 0 Å². The minimum Gasteiger partial charge on any atom is -0.477 e. The van der Waals surface area contributed by atoms with Crippen molar-refractivity contribution in [2.24, 2.45) is 11.8 Å². The Morgan fingerprint density at radius 2 is 1.90 bits per heavy atom. The van der Waals surface area contributed by atoms with Crippen molar-refractivity contribution >= 4 is 22.9 Å². The van der Waals surface area contributed by atoms with Gasteiger partial charge >= 0.3 is 5.97 Å². The minimum absolute atomic E-state index is 0.505. The van der Waals surface area contributed by atoms with Crippen LogP contribution in [-0.4, -0.2) is 35.6 Å². The second-order valence-electron chi connectivity index (χ2n) is 8.60. The van der Waals surface area contributed by atoms with Crippen LogP contribution in [0, 0.1) is 11.8 Å². The molecule has 4 rings (SSSR count). The molecule has 154 valence electrons. The van der Waals surface area contributed by atoms with E-state index in [1.165, 1.54) is 48.2 Å². The molecular formula is C25H31NO2S. The Labute approximate surface area is 178 Å². The number of hydrogen-bond donors (Lipinski definition) is 1. The zero-order valence-electron chi connectivity index (χ0n) is 17.5. The maximum atomic E-state index is 12.1. The molecule has 1 fully saturated rings. The first-order valence-corrected chi connectivity index (χ1v) is 11.8. The molecule has 3 nitrogen and oxygen atoms in total. The summed E-state index contributed by atoms with van der Waals surface area (Å²) in [5.74, 6) is 0.632. The third-order valence-electron chi connectivity index (χ3n) is 6.73. The summed E-state index contributed by atoms with van der Waals surface area (Å²) in [6, 6.07) is 12.3. The van der Waals surface area contributed by atoms with E-state index in [-0.39, 0.29) is 0 Å². The van der Waals surface area contributed by atoms with Crippen molar-refractivity contribution in [3.63, 3.8) is 0 Å². The summed E-state index contributed by atoms with van der Waals surface area (Å²) in [5.41, 5.74) is 4.92. The molecule has 1 saturated carbocycles. The van der Waals surface area contributed by atoms with Crippen LogP contribution in [0.1, 0.15) is 61.2 Å². The van der Waals surface area contributed by atoms with Crippen molar-refractivity contribution in [3.05, 3.63) is 52.4 Å². The lowest BCUT2D eigenvalue weighted by Crippen LogP contribution is -2.34. The molecule has 0 radical (unpaired) electrons. The van der Waals surface area contributed by atoms with E-state index < -0.39 is 5.97 Å². The number of hydrogen-bond acceptors (Lipinski definition) is 3. The number of rotatable bonds is 5. The monoisotopic (exact) mass is 409 g/mol. The average Bonchev–Trinajstić information content (AvgIpc) is 3.20. The van der Waals surface area contributed by atoms with Crippen LogP contribution in [0.25, 0.3) is 16.0 Å². The van der Waals surface area contributed by atoms with Crippen molar-refractivity contribution < 1.29 is 9.90 Å². The molecule has 0 bridgehead atoms. The van der Waals surface area contributed by atoms with Gasteiger partial charge in [0, 0.05) is 23.5 Å². The summed E-state index contributed by atoms with van der Waals surface area (Å²) < 4.78 is 0. The molecule has 2 aliphatic rings. The SMILES string of the molecule is CCN1CCC(c2cc(-c3ccccc3)sc2C(=O)O)=C(C2CCC(C)CC2)C1. The van der Waals surface area contributed by atoms with Gasteiger partial charge in [0.25, 0.3) is 0 Å². The fourth-order valence-electron chi connectivity index (χ4n) is 4.93. The summed E-state index contributed by atoms with van der Waals surface area (Å²) in [7, 11) is 0. The molecule has 1 aromatic heterocycles. The van der Waals surface area contributed by atoms with Gasteiger partial charge < -0.3 is 5.11 Å². The molecular weight excluding hydrogens is 378 g/mol. The van der Waals surface area contributed by atoms with E-state index in [0.29, 0.717) is 10.8 Å². The van der Waals surface area contributed by atoms with E-state index in [0.717, 1.165) is 48.0 Å². The number of carboxylic acids is 1. The molecule has 1 aliphatic heterocycles. The summed E-state index contributed by atoms with van der Waals surface area (Å²) in [6.45, 7) is 7.67. The molecule has 0 unspecified atom stereocenters. The van der Waals surface area contributed by atoms with Crippen LogP contribution in [0.3, 0.4) is 0 Å². The van der Waals surface area contributed by atoms with Gasteiger partial charge in [-0.15, -0.1) is 11.3 Å². The predicted molar refractivity (Wildman–Crippen MR) is 121 cm³/mol.